The van der Waals surface area contributed by atoms with Gasteiger partial charge in [0.15, 0.2) is 0 Å². The molecule has 1 aliphatic rings. The van der Waals surface area contributed by atoms with Gasteiger partial charge in [0.05, 0.1) is 4.90 Å². The molecule has 2 unspecified atom stereocenters. The number of nitrogen functional groups attached to an aromatic ring is 1. The van der Waals surface area contributed by atoms with Crippen molar-refractivity contribution < 1.29 is 12.8 Å². The lowest BCUT2D eigenvalue weighted by atomic mass is 9.86. The van der Waals surface area contributed by atoms with Crippen molar-refractivity contribution in [3.05, 3.63) is 23.5 Å². The van der Waals surface area contributed by atoms with Gasteiger partial charge in [0.1, 0.15) is 5.82 Å². The third kappa shape index (κ3) is 3.06. The molecule has 2 atom stereocenters. The molecular formula is C15H23FN2O2S. The van der Waals surface area contributed by atoms with Crippen molar-refractivity contribution in [3.63, 3.8) is 0 Å². The van der Waals surface area contributed by atoms with Crippen LogP contribution in [0.4, 0.5) is 10.1 Å². The van der Waals surface area contributed by atoms with E-state index in [1.54, 1.807) is 7.05 Å². The van der Waals surface area contributed by atoms with Gasteiger partial charge in [-0.25, -0.2) is 12.8 Å². The highest BCUT2D eigenvalue weighted by Gasteiger charge is 2.34. The van der Waals surface area contributed by atoms with Crippen LogP contribution in [0, 0.1) is 18.7 Å². The van der Waals surface area contributed by atoms with Crippen molar-refractivity contribution >= 4 is 15.7 Å². The molecule has 0 aromatic heterocycles. The Morgan fingerprint density at radius 3 is 2.52 bits per heavy atom. The Balaban J connectivity index is 2.42. The van der Waals surface area contributed by atoms with Gasteiger partial charge in [-0.2, -0.15) is 4.31 Å². The van der Waals surface area contributed by atoms with E-state index in [9.17, 15) is 12.8 Å². The van der Waals surface area contributed by atoms with E-state index in [-0.39, 0.29) is 22.2 Å². The van der Waals surface area contributed by atoms with Crippen LogP contribution >= 0.6 is 0 Å². The number of rotatable bonds is 3. The van der Waals surface area contributed by atoms with Gasteiger partial charge in [0, 0.05) is 24.3 Å². The minimum atomic E-state index is -3.73. The smallest absolute Gasteiger partial charge is 0.243 e. The van der Waals surface area contributed by atoms with Crippen LogP contribution in [-0.2, 0) is 10.0 Å². The van der Waals surface area contributed by atoms with Gasteiger partial charge in [-0.15, -0.1) is 0 Å². The third-order valence-corrected chi connectivity index (χ3v) is 6.52. The largest absolute Gasteiger partial charge is 0.399 e. The second kappa shape index (κ2) is 5.93. The first-order chi connectivity index (χ1) is 9.75. The Hall–Kier alpha value is -1.14. The molecule has 1 aromatic rings. The fourth-order valence-electron chi connectivity index (χ4n) is 3.11. The van der Waals surface area contributed by atoms with E-state index in [4.69, 9.17) is 5.73 Å². The molecule has 2 rings (SSSR count). The highest BCUT2D eigenvalue weighted by Crippen LogP contribution is 2.32. The van der Waals surface area contributed by atoms with Crippen LogP contribution in [0.1, 0.15) is 38.2 Å². The SMILES string of the molecule is Cc1c(F)cc(N)cc1S(=O)(=O)N(C)C1CCCCC1C. The minimum absolute atomic E-state index is 0.0275. The lowest BCUT2D eigenvalue weighted by molar-refractivity contribution is 0.213. The van der Waals surface area contributed by atoms with Crippen molar-refractivity contribution in [3.8, 4) is 0 Å². The Morgan fingerprint density at radius 1 is 1.29 bits per heavy atom. The second-order valence-electron chi connectivity index (χ2n) is 5.98. The van der Waals surface area contributed by atoms with E-state index in [2.05, 4.69) is 6.92 Å². The standard InChI is InChI=1S/C15H23FN2O2S/c1-10-6-4-5-7-14(10)18(3)21(19,20)15-9-12(17)8-13(16)11(15)2/h8-10,14H,4-7,17H2,1-3H3. The summed E-state index contributed by atoms with van der Waals surface area (Å²) < 4.78 is 40.8. The molecule has 2 N–H and O–H groups in total. The van der Waals surface area contributed by atoms with E-state index in [0.29, 0.717) is 5.92 Å². The Kier molecular flexibility index (Phi) is 4.58. The average molecular weight is 314 g/mol. The number of nitrogens with two attached hydrogens (primary N) is 1. The van der Waals surface area contributed by atoms with Gasteiger partial charge >= 0.3 is 0 Å². The van der Waals surface area contributed by atoms with Crippen LogP contribution < -0.4 is 5.73 Å². The van der Waals surface area contributed by atoms with Gasteiger partial charge in [0.25, 0.3) is 0 Å². The number of halogens is 1. The number of anilines is 1. The molecule has 1 fully saturated rings. The predicted octanol–water partition coefficient (Wildman–Crippen LogP) is 2.92. The topological polar surface area (TPSA) is 63.4 Å². The average Bonchev–Trinajstić information content (AvgIpc) is 2.42. The lowest BCUT2D eigenvalue weighted by Gasteiger charge is -2.35. The van der Waals surface area contributed by atoms with Crippen molar-refractivity contribution in [1.82, 2.24) is 4.31 Å². The van der Waals surface area contributed by atoms with Gasteiger partial charge in [-0.3, -0.25) is 0 Å². The van der Waals surface area contributed by atoms with Crippen LogP contribution in [0.15, 0.2) is 17.0 Å². The maximum Gasteiger partial charge on any atom is 0.243 e. The minimum Gasteiger partial charge on any atom is -0.399 e. The highest BCUT2D eigenvalue weighted by molar-refractivity contribution is 7.89. The fourth-order valence-corrected chi connectivity index (χ4v) is 4.86. The summed E-state index contributed by atoms with van der Waals surface area (Å²) in [6.45, 7) is 3.54. The highest BCUT2D eigenvalue weighted by atomic mass is 32.2. The molecule has 1 aliphatic carbocycles. The lowest BCUT2D eigenvalue weighted by Crippen LogP contribution is -2.42. The van der Waals surface area contributed by atoms with E-state index >= 15 is 0 Å². The molecule has 0 heterocycles. The van der Waals surface area contributed by atoms with E-state index in [0.717, 1.165) is 31.7 Å². The maximum absolute atomic E-state index is 13.8. The summed E-state index contributed by atoms with van der Waals surface area (Å²) >= 11 is 0. The molecule has 0 saturated heterocycles. The van der Waals surface area contributed by atoms with Crippen LogP contribution in [0.5, 0.6) is 0 Å². The first-order valence-corrected chi connectivity index (χ1v) is 8.73. The molecule has 118 valence electrons. The summed E-state index contributed by atoms with van der Waals surface area (Å²) in [5.41, 5.74) is 5.86. The summed E-state index contributed by atoms with van der Waals surface area (Å²) in [6.07, 6.45) is 4.03. The van der Waals surface area contributed by atoms with Crippen LogP contribution in [0.2, 0.25) is 0 Å². The van der Waals surface area contributed by atoms with E-state index < -0.39 is 15.8 Å². The van der Waals surface area contributed by atoms with Crippen molar-refractivity contribution in [2.45, 2.75) is 50.5 Å². The predicted molar refractivity (Wildman–Crippen MR) is 81.9 cm³/mol. The second-order valence-corrected chi connectivity index (χ2v) is 7.94. The van der Waals surface area contributed by atoms with Crippen molar-refractivity contribution in [1.29, 1.82) is 0 Å². The monoisotopic (exact) mass is 314 g/mol. The Morgan fingerprint density at radius 2 is 1.90 bits per heavy atom. The zero-order valence-corrected chi connectivity index (χ0v) is 13.6. The zero-order valence-electron chi connectivity index (χ0n) is 12.8. The molecule has 0 amide bonds. The molecule has 4 nitrogen and oxygen atoms in total. The normalized spacial score (nSPS) is 23.5. The number of nitrogens with zero attached hydrogens (tertiary/aromatic N) is 1. The summed E-state index contributed by atoms with van der Waals surface area (Å²) in [4.78, 5) is -0.0275. The maximum atomic E-state index is 13.8. The zero-order chi connectivity index (χ0) is 15.8. The number of benzene rings is 1. The molecule has 6 heteroatoms. The van der Waals surface area contributed by atoms with Gasteiger partial charge in [-0.1, -0.05) is 19.8 Å². The van der Waals surface area contributed by atoms with Crippen molar-refractivity contribution in [2.75, 3.05) is 12.8 Å². The van der Waals surface area contributed by atoms with Gasteiger partial charge in [0.2, 0.25) is 10.0 Å². The number of hydrogen-bond donors (Lipinski definition) is 1. The summed E-state index contributed by atoms with van der Waals surface area (Å²) in [5, 5.41) is 0. The molecule has 21 heavy (non-hydrogen) atoms. The van der Waals surface area contributed by atoms with Crippen LogP contribution in [-0.4, -0.2) is 25.8 Å². The molecule has 0 aliphatic heterocycles. The molecule has 0 bridgehead atoms. The first-order valence-electron chi connectivity index (χ1n) is 7.28. The summed E-state index contributed by atoms with van der Waals surface area (Å²) in [6, 6.07) is 2.46. The van der Waals surface area contributed by atoms with Crippen molar-refractivity contribution in [2.24, 2.45) is 5.92 Å². The van der Waals surface area contributed by atoms with E-state index in [1.807, 2.05) is 0 Å². The van der Waals surface area contributed by atoms with Gasteiger partial charge < -0.3 is 5.73 Å². The summed E-state index contributed by atoms with van der Waals surface area (Å²) in [5.74, 6) is -0.275. The van der Waals surface area contributed by atoms with E-state index in [1.165, 1.54) is 17.3 Å². The molecule has 0 radical (unpaired) electrons. The van der Waals surface area contributed by atoms with Crippen LogP contribution in [0.25, 0.3) is 0 Å². The molecule has 1 aromatic carbocycles. The van der Waals surface area contributed by atoms with Gasteiger partial charge in [-0.05, 0) is 37.8 Å². The fraction of sp³-hybridized carbons (Fsp3) is 0.600. The molecular weight excluding hydrogens is 291 g/mol. The first kappa shape index (κ1) is 16.2. The Bertz CT molecular complexity index is 631. The number of hydrogen-bond acceptors (Lipinski definition) is 3. The van der Waals surface area contributed by atoms with Crippen LogP contribution in [0.3, 0.4) is 0 Å². The summed E-state index contributed by atoms with van der Waals surface area (Å²) in [7, 11) is -2.15. The molecule has 0 spiro atoms. The molecule has 1 saturated carbocycles. The third-order valence-electron chi connectivity index (χ3n) is 4.51. The Labute approximate surface area is 126 Å². The quantitative estimate of drug-likeness (QED) is 0.873. The number of sulfonamides is 1.